The molecule has 3 rings (SSSR count). The van der Waals surface area contributed by atoms with Gasteiger partial charge in [-0.25, -0.2) is 9.37 Å². The number of carbonyl (C=O) groups excluding carboxylic acids is 1. The van der Waals surface area contributed by atoms with E-state index in [1.165, 1.54) is 12.1 Å². The second-order valence-corrected chi connectivity index (χ2v) is 5.90. The summed E-state index contributed by atoms with van der Waals surface area (Å²) in [6.07, 6.45) is 2.21. The monoisotopic (exact) mass is 364 g/mol. The highest BCUT2D eigenvalue weighted by molar-refractivity contribution is 9.10. The lowest BCUT2D eigenvalue weighted by molar-refractivity contribution is 0.0766. The Kier molecular flexibility index (Phi) is 4.38. The number of hydrogen-bond acceptors (Lipinski definition) is 3. The highest BCUT2D eigenvalue weighted by atomic mass is 79.9. The van der Waals surface area contributed by atoms with E-state index in [4.69, 9.17) is 4.74 Å². The quantitative estimate of drug-likeness (QED) is 0.839. The first-order valence-corrected chi connectivity index (χ1v) is 7.75. The number of pyridine rings is 1. The molecule has 6 heteroatoms. The van der Waals surface area contributed by atoms with Crippen LogP contribution in [-0.2, 0) is 0 Å². The zero-order valence-electron chi connectivity index (χ0n) is 11.7. The number of rotatable bonds is 3. The summed E-state index contributed by atoms with van der Waals surface area (Å²) in [6.45, 7) is 0.971. The Morgan fingerprint density at radius 1 is 1.32 bits per heavy atom. The number of aromatic nitrogens is 1. The molecule has 0 saturated carbocycles. The van der Waals surface area contributed by atoms with Crippen molar-refractivity contribution in [3.63, 3.8) is 0 Å². The largest absolute Gasteiger partial charge is 0.472 e. The van der Waals surface area contributed by atoms with E-state index in [-0.39, 0.29) is 17.6 Å². The molecule has 1 aromatic heterocycles. The average molecular weight is 365 g/mol. The summed E-state index contributed by atoms with van der Waals surface area (Å²) in [5.74, 6) is -0.290. The lowest BCUT2D eigenvalue weighted by Crippen LogP contribution is -2.31. The predicted octanol–water partition coefficient (Wildman–Crippen LogP) is 3.28. The molecule has 0 spiro atoms. The molecule has 0 bridgehead atoms. The molecule has 4 nitrogen and oxygen atoms in total. The lowest BCUT2D eigenvalue weighted by Gasteiger charge is -2.17. The van der Waals surface area contributed by atoms with E-state index >= 15 is 0 Å². The minimum atomic E-state index is -0.496. The molecule has 1 aromatic carbocycles. The highest BCUT2D eigenvalue weighted by Gasteiger charge is 2.29. The van der Waals surface area contributed by atoms with Crippen LogP contribution in [0.5, 0.6) is 5.88 Å². The Balaban J connectivity index is 1.66. The van der Waals surface area contributed by atoms with Crippen LogP contribution in [0.2, 0.25) is 0 Å². The van der Waals surface area contributed by atoms with Crippen LogP contribution in [0.3, 0.4) is 0 Å². The standard InChI is InChI=1S/C16H14BrFN2O2/c17-13-5-3-8-19-15(13)22-11-7-9-20(10-11)16(21)12-4-1-2-6-14(12)18/h1-6,8,11H,7,9-10H2. The van der Waals surface area contributed by atoms with Gasteiger partial charge >= 0.3 is 0 Å². The van der Waals surface area contributed by atoms with E-state index in [2.05, 4.69) is 20.9 Å². The summed E-state index contributed by atoms with van der Waals surface area (Å²) in [6, 6.07) is 9.68. The van der Waals surface area contributed by atoms with Gasteiger partial charge in [0, 0.05) is 19.2 Å². The minimum absolute atomic E-state index is 0.0992. The van der Waals surface area contributed by atoms with Gasteiger partial charge in [-0.2, -0.15) is 0 Å². The fourth-order valence-electron chi connectivity index (χ4n) is 2.43. The van der Waals surface area contributed by atoms with Gasteiger partial charge in [0.2, 0.25) is 5.88 Å². The fourth-order valence-corrected chi connectivity index (χ4v) is 2.78. The van der Waals surface area contributed by atoms with Crippen molar-refractivity contribution in [3.8, 4) is 5.88 Å². The highest BCUT2D eigenvalue weighted by Crippen LogP contribution is 2.25. The van der Waals surface area contributed by atoms with Crippen LogP contribution in [0.4, 0.5) is 4.39 Å². The maximum Gasteiger partial charge on any atom is 0.256 e. The molecule has 2 aromatic rings. The molecule has 1 aliphatic rings. The molecule has 2 heterocycles. The molecule has 0 N–H and O–H groups in total. The van der Waals surface area contributed by atoms with Crippen LogP contribution in [-0.4, -0.2) is 35.0 Å². The summed E-state index contributed by atoms with van der Waals surface area (Å²) >= 11 is 3.38. The zero-order chi connectivity index (χ0) is 15.5. The SMILES string of the molecule is O=C(c1ccccc1F)N1CCC(Oc2ncccc2Br)C1. The summed E-state index contributed by atoms with van der Waals surface area (Å²) in [5.41, 5.74) is 0.0992. The first-order chi connectivity index (χ1) is 10.6. The Hall–Kier alpha value is -1.95. The van der Waals surface area contributed by atoms with Gasteiger partial charge in [-0.1, -0.05) is 12.1 Å². The number of nitrogens with zero attached hydrogens (tertiary/aromatic N) is 2. The van der Waals surface area contributed by atoms with Gasteiger partial charge in [-0.3, -0.25) is 4.79 Å². The molecule has 0 aliphatic carbocycles. The smallest absolute Gasteiger partial charge is 0.256 e. The van der Waals surface area contributed by atoms with Gasteiger partial charge < -0.3 is 9.64 Å². The molecule has 22 heavy (non-hydrogen) atoms. The summed E-state index contributed by atoms with van der Waals surface area (Å²) in [5, 5.41) is 0. The first-order valence-electron chi connectivity index (χ1n) is 6.96. The van der Waals surface area contributed by atoms with Crippen LogP contribution in [0, 0.1) is 5.82 Å². The molecule has 1 fully saturated rings. The second kappa shape index (κ2) is 6.44. The van der Waals surface area contributed by atoms with Crippen molar-refractivity contribution in [1.29, 1.82) is 0 Å². The molecule has 114 valence electrons. The van der Waals surface area contributed by atoms with Gasteiger partial charge in [0.05, 0.1) is 16.6 Å². The Morgan fingerprint density at radius 2 is 2.14 bits per heavy atom. The van der Waals surface area contributed by atoms with Crippen LogP contribution in [0.1, 0.15) is 16.8 Å². The molecule has 0 radical (unpaired) electrons. The third-order valence-corrected chi connectivity index (χ3v) is 4.14. The minimum Gasteiger partial charge on any atom is -0.472 e. The summed E-state index contributed by atoms with van der Waals surface area (Å²) < 4.78 is 20.3. The molecule has 1 unspecified atom stereocenters. The first kappa shape index (κ1) is 15.0. The summed E-state index contributed by atoms with van der Waals surface area (Å²) in [4.78, 5) is 18.1. The van der Waals surface area contributed by atoms with Gasteiger partial charge in [0.15, 0.2) is 0 Å². The van der Waals surface area contributed by atoms with Gasteiger partial charge in [0.1, 0.15) is 11.9 Å². The van der Waals surface area contributed by atoms with Crippen molar-refractivity contribution in [2.45, 2.75) is 12.5 Å². The third-order valence-electron chi connectivity index (χ3n) is 3.54. The van der Waals surface area contributed by atoms with Crippen LogP contribution in [0.15, 0.2) is 47.1 Å². The van der Waals surface area contributed by atoms with E-state index in [1.807, 2.05) is 6.07 Å². The number of likely N-dealkylation sites (tertiary alicyclic amines) is 1. The molecular weight excluding hydrogens is 351 g/mol. The maximum absolute atomic E-state index is 13.7. The van der Waals surface area contributed by atoms with Crippen LogP contribution < -0.4 is 4.74 Å². The number of ether oxygens (including phenoxy) is 1. The van der Waals surface area contributed by atoms with Crippen molar-refractivity contribution in [2.24, 2.45) is 0 Å². The van der Waals surface area contributed by atoms with E-state index in [1.54, 1.807) is 29.3 Å². The average Bonchev–Trinajstić information content (AvgIpc) is 2.98. The number of carbonyl (C=O) groups is 1. The Morgan fingerprint density at radius 3 is 2.91 bits per heavy atom. The van der Waals surface area contributed by atoms with Crippen molar-refractivity contribution in [2.75, 3.05) is 13.1 Å². The van der Waals surface area contributed by atoms with Crippen molar-refractivity contribution >= 4 is 21.8 Å². The topological polar surface area (TPSA) is 42.4 Å². The second-order valence-electron chi connectivity index (χ2n) is 5.05. The van der Waals surface area contributed by atoms with E-state index in [0.717, 1.165) is 4.47 Å². The maximum atomic E-state index is 13.7. The van der Waals surface area contributed by atoms with Gasteiger partial charge in [0.25, 0.3) is 5.91 Å². The van der Waals surface area contributed by atoms with E-state index < -0.39 is 5.82 Å². The molecule has 1 amide bonds. The predicted molar refractivity (Wildman–Crippen MR) is 83.3 cm³/mol. The number of halogens is 2. The van der Waals surface area contributed by atoms with Crippen molar-refractivity contribution < 1.29 is 13.9 Å². The molecule has 1 saturated heterocycles. The van der Waals surface area contributed by atoms with Gasteiger partial charge in [-0.15, -0.1) is 0 Å². The van der Waals surface area contributed by atoms with Crippen molar-refractivity contribution in [3.05, 3.63) is 58.4 Å². The Labute approximate surface area is 136 Å². The van der Waals surface area contributed by atoms with Crippen molar-refractivity contribution in [1.82, 2.24) is 9.88 Å². The fraction of sp³-hybridized carbons (Fsp3) is 0.250. The van der Waals surface area contributed by atoms with Gasteiger partial charge in [-0.05, 0) is 40.2 Å². The van der Waals surface area contributed by atoms with E-state index in [9.17, 15) is 9.18 Å². The number of benzene rings is 1. The molecule has 1 atom stereocenters. The Bertz CT molecular complexity index is 695. The van der Waals surface area contributed by atoms with E-state index in [0.29, 0.717) is 25.4 Å². The lowest BCUT2D eigenvalue weighted by atomic mass is 10.2. The van der Waals surface area contributed by atoms with Crippen LogP contribution >= 0.6 is 15.9 Å². The third kappa shape index (κ3) is 3.11. The molecule has 1 aliphatic heterocycles. The number of hydrogen-bond donors (Lipinski definition) is 0. The zero-order valence-corrected chi connectivity index (χ0v) is 13.3. The molecular formula is C16H14BrFN2O2. The normalized spacial score (nSPS) is 17.5. The number of amides is 1. The van der Waals surface area contributed by atoms with Crippen LogP contribution in [0.25, 0.3) is 0 Å². The summed E-state index contributed by atoms with van der Waals surface area (Å²) in [7, 11) is 0.